The number of rotatable bonds is 4. The molecule has 0 radical (unpaired) electrons. The smallest absolute Gasteiger partial charge is 0.267 e. The van der Waals surface area contributed by atoms with Crippen LogP contribution in [0.15, 0.2) is 48.2 Å². The molecule has 3 N–H and O–H groups in total. The van der Waals surface area contributed by atoms with Gasteiger partial charge in [0.2, 0.25) is 0 Å². The number of nitrogens with one attached hydrogen (secondary N) is 2. The summed E-state index contributed by atoms with van der Waals surface area (Å²) >= 11 is 11.8. The Labute approximate surface area is 149 Å². The third-order valence-corrected chi connectivity index (χ3v) is 3.77. The number of benzene rings is 2. The lowest BCUT2D eigenvalue weighted by Gasteiger charge is -2.07. The first-order chi connectivity index (χ1) is 11.4. The molecule has 0 fully saturated rings. The van der Waals surface area contributed by atoms with Gasteiger partial charge in [-0.15, -0.1) is 0 Å². The van der Waals surface area contributed by atoms with Gasteiger partial charge in [0.05, 0.1) is 5.69 Å². The number of phenolic OH excluding ortho intramolecular Hbond substituents is 1. The van der Waals surface area contributed by atoms with Crippen LogP contribution in [0.5, 0.6) is 5.75 Å². The van der Waals surface area contributed by atoms with Crippen molar-refractivity contribution in [2.24, 2.45) is 0 Å². The Kier molecular flexibility index (Phi) is 5.69. The van der Waals surface area contributed by atoms with Crippen LogP contribution >= 0.6 is 23.2 Å². The van der Waals surface area contributed by atoms with Gasteiger partial charge in [0.15, 0.2) is 0 Å². The molecule has 0 aromatic heterocycles. The molecule has 24 heavy (non-hydrogen) atoms. The van der Waals surface area contributed by atoms with Crippen LogP contribution in [0, 0.1) is 18.3 Å². The van der Waals surface area contributed by atoms with Crippen molar-refractivity contribution in [3.05, 3.63) is 63.8 Å². The van der Waals surface area contributed by atoms with Gasteiger partial charge in [-0.3, -0.25) is 4.79 Å². The summed E-state index contributed by atoms with van der Waals surface area (Å²) in [6.45, 7) is 1.84. The average Bonchev–Trinajstić information content (AvgIpc) is 2.54. The van der Waals surface area contributed by atoms with Crippen molar-refractivity contribution in [2.45, 2.75) is 6.92 Å². The normalized spacial score (nSPS) is 10.8. The van der Waals surface area contributed by atoms with Gasteiger partial charge < -0.3 is 15.7 Å². The van der Waals surface area contributed by atoms with E-state index in [0.717, 1.165) is 5.56 Å². The molecule has 0 aliphatic rings. The molecule has 2 aromatic carbocycles. The summed E-state index contributed by atoms with van der Waals surface area (Å²) in [5.74, 6) is -0.662. The Balaban J connectivity index is 2.15. The molecule has 0 saturated carbocycles. The summed E-state index contributed by atoms with van der Waals surface area (Å²) in [5, 5.41) is 25.0. The van der Waals surface area contributed by atoms with Crippen LogP contribution in [0.25, 0.3) is 0 Å². The number of nitrogens with zero attached hydrogens (tertiary/aromatic N) is 1. The standard InChI is InChI=1S/C17H13Cl2N3O2/c1-10-2-4-13(7-14(10)19)22-17(24)11(8-20)9-21-15-6-12(18)3-5-16(15)23/h2-7,9,21,23H,1H3,(H,22,24)/b11-9-. The average molecular weight is 362 g/mol. The summed E-state index contributed by atoms with van der Waals surface area (Å²) in [4.78, 5) is 12.1. The lowest BCUT2D eigenvalue weighted by Crippen LogP contribution is -2.14. The molecule has 0 atom stereocenters. The van der Waals surface area contributed by atoms with E-state index in [1.165, 1.54) is 24.4 Å². The van der Waals surface area contributed by atoms with Crippen molar-refractivity contribution in [3.63, 3.8) is 0 Å². The minimum atomic E-state index is -0.605. The lowest BCUT2D eigenvalue weighted by molar-refractivity contribution is -0.112. The molecule has 0 aliphatic carbocycles. The van der Waals surface area contributed by atoms with E-state index in [9.17, 15) is 9.90 Å². The number of hydrogen-bond acceptors (Lipinski definition) is 4. The number of carbonyl (C=O) groups is 1. The molecule has 122 valence electrons. The van der Waals surface area contributed by atoms with Crippen LogP contribution in [-0.2, 0) is 4.79 Å². The van der Waals surface area contributed by atoms with Crippen molar-refractivity contribution >= 4 is 40.5 Å². The van der Waals surface area contributed by atoms with E-state index < -0.39 is 5.91 Å². The van der Waals surface area contributed by atoms with Gasteiger partial charge in [-0.2, -0.15) is 5.26 Å². The number of hydrogen-bond donors (Lipinski definition) is 3. The topological polar surface area (TPSA) is 85.2 Å². The molecule has 2 aromatic rings. The van der Waals surface area contributed by atoms with E-state index >= 15 is 0 Å². The van der Waals surface area contributed by atoms with E-state index in [1.807, 2.05) is 6.92 Å². The number of halogens is 2. The molecule has 7 heteroatoms. The second-order valence-corrected chi connectivity index (χ2v) is 5.74. The molecule has 5 nitrogen and oxygen atoms in total. The minimum absolute atomic E-state index is 0.0568. The van der Waals surface area contributed by atoms with E-state index in [1.54, 1.807) is 24.3 Å². The van der Waals surface area contributed by atoms with E-state index in [0.29, 0.717) is 15.7 Å². The van der Waals surface area contributed by atoms with Crippen molar-refractivity contribution in [2.75, 3.05) is 10.6 Å². The number of nitriles is 1. The van der Waals surface area contributed by atoms with Crippen molar-refractivity contribution in [1.29, 1.82) is 5.26 Å². The van der Waals surface area contributed by atoms with Crippen LogP contribution in [-0.4, -0.2) is 11.0 Å². The van der Waals surface area contributed by atoms with Gasteiger partial charge >= 0.3 is 0 Å². The van der Waals surface area contributed by atoms with Crippen LogP contribution in [0.1, 0.15) is 5.56 Å². The molecule has 0 spiro atoms. The summed E-state index contributed by atoms with van der Waals surface area (Å²) in [6, 6.07) is 11.2. The fourth-order valence-electron chi connectivity index (χ4n) is 1.79. The predicted molar refractivity (Wildman–Crippen MR) is 95.3 cm³/mol. The highest BCUT2D eigenvalue weighted by Crippen LogP contribution is 2.26. The molecule has 2 rings (SSSR count). The molecular formula is C17H13Cl2N3O2. The summed E-state index contributed by atoms with van der Waals surface area (Å²) in [5.41, 5.74) is 1.46. The minimum Gasteiger partial charge on any atom is -0.506 e. The summed E-state index contributed by atoms with van der Waals surface area (Å²) < 4.78 is 0. The Hall–Kier alpha value is -2.68. The van der Waals surface area contributed by atoms with Crippen molar-refractivity contribution in [3.8, 4) is 11.8 Å². The van der Waals surface area contributed by atoms with E-state index in [-0.39, 0.29) is 17.0 Å². The maximum Gasteiger partial charge on any atom is 0.267 e. The fraction of sp³-hybridized carbons (Fsp3) is 0.0588. The quantitative estimate of drug-likeness (QED) is 0.426. The van der Waals surface area contributed by atoms with E-state index in [2.05, 4.69) is 10.6 Å². The van der Waals surface area contributed by atoms with E-state index in [4.69, 9.17) is 28.5 Å². The molecule has 0 saturated heterocycles. The molecule has 0 unspecified atom stereocenters. The second kappa shape index (κ2) is 7.73. The highest BCUT2D eigenvalue weighted by Gasteiger charge is 2.10. The number of carbonyl (C=O) groups excluding carboxylic acids is 1. The third kappa shape index (κ3) is 4.42. The van der Waals surface area contributed by atoms with Crippen molar-refractivity contribution < 1.29 is 9.90 Å². The Morgan fingerprint density at radius 2 is 2.00 bits per heavy atom. The number of anilines is 2. The first-order valence-corrected chi connectivity index (χ1v) is 7.59. The molecule has 1 amide bonds. The zero-order chi connectivity index (χ0) is 17.7. The van der Waals surface area contributed by atoms with Gasteiger partial charge in [-0.05, 0) is 42.8 Å². The number of phenols is 1. The summed E-state index contributed by atoms with van der Waals surface area (Å²) in [7, 11) is 0. The van der Waals surface area contributed by atoms with Crippen LogP contribution in [0.2, 0.25) is 10.0 Å². The molecule has 0 bridgehead atoms. The van der Waals surface area contributed by atoms with Crippen LogP contribution in [0.4, 0.5) is 11.4 Å². The first kappa shape index (κ1) is 17.7. The summed E-state index contributed by atoms with van der Waals surface area (Å²) in [6.07, 6.45) is 1.19. The second-order valence-electron chi connectivity index (χ2n) is 4.89. The number of aromatic hydroxyl groups is 1. The van der Waals surface area contributed by atoms with Gasteiger partial charge in [0.1, 0.15) is 17.4 Å². The monoisotopic (exact) mass is 361 g/mol. The number of amides is 1. The Morgan fingerprint density at radius 3 is 2.67 bits per heavy atom. The highest BCUT2D eigenvalue weighted by molar-refractivity contribution is 6.31. The number of aryl methyl sites for hydroxylation is 1. The predicted octanol–water partition coefficient (Wildman–Crippen LogP) is 4.47. The largest absolute Gasteiger partial charge is 0.506 e. The Morgan fingerprint density at radius 1 is 1.25 bits per heavy atom. The first-order valence-electron chi connectivity index (χ1n) is 6.83. The zero-order valence-corrected chi connectivity index (χ0v) is 14.1. The van der Waals surface area contributed by atoms with Gasteiger partial charge in [-0.25, -0.2) is 0 Å². The van der Waals surface area contributed by atoms with Crippen LogP contribution in [0.3, 0.4) is 0 Å². The zero-order valence-electron chi connectivity index (χ0n) is 12.6. The lowest BCUT2D eigenvalue weighted by atomic mass is 10.2. The fourth-order valence-corrected chi connectivity index (χ4v) is 2.14. The third-order valence-electron chi connectivity index (χ3n) is 3.13. The SMILES string of the molecule is Cc1ccc(NC(=O)/C(C#N)=C\Nc2cc(Cl)ccc2O)cc1Cl. The molecule has 0 aliphatic heterocycles. The Bertz CT molecular complexity index is 857. The van der Waals surface area contributed by atoms with Gasteiger partial charge in [-0.1, -0.05) is 29.3 Å². The van der Waals surface area contributed by atoms with Gasteiger partial charge in [0.25, 0.3) is 5.91 Å². The molecule has 0 heterocycles. The van der Waals surface area contributed by atoms with Crippen LogP contribution < -0.4 is 10.6 Å². The maximum absolute atomic E-state index is 12.1. The molecular weight excluding hydrogens is 349 g/mol. The maximum atomic E-state index is 12.1. The van der Waals surface area contributed by atoms with Crippen molar-refractivity contribution in [1.82, 2.24) is 0 Å². The highest BCUT2D eigenvalue weighted by atomic mass is 35.5. The van der Waals surface area contributed by atoms with Gasteiger partial charge in [0, 0.05) is 21.9 Å².